The first-order valence-electron chi connectivity index (χ1n) is 4.70. The second kappa shape index (κ2) is 4.29. The van der Waals surface area contributed by atoms with E-state index in [2.05, 4.69) is 11.2 Å². The summed E-state index contributed by atoms with van der Waals surface area (Å²) < 4.78 is 0. The van der Waals surface area contributed by atoms with E-state index in [0.29, 0.717) is 0 Å². The second-order valence-corrected chi connectivity index (χ2v) is 3.27. The number of nitrogens with one attached hydrogen (secondary N) is 1. The maximum absolute atomic E-state index is 11.7. The lowest BCUT2D eigenvalue weighted by Crippen LogP contribution is -2.41. The maximum Gasteiger partial charge on any atom is 0.240 e. The molecule has 0 aliphatic carbocycles. The molecule has 3 heteroatoms. The lowest BCUT2D eigenvalue weighted by molar-refractivity contribution is -0.130. The normalized spacial score (nSPS) is 24.5. The van der Waals surface area contributed by atoms with Gasteiger partial charge in [0, 0.05) is 6.54 Å². The summed E-state index contributed by atoms with van der Waals surface area (Å²) in [7, 11) is 0. The Bertz CT molecular complexity index is 232. The summed E-state index contributed by atoms with van der Waals surface area (Å²) in [6, 6.07) is -0.0862. The van der Waals surface area contributed by atoms with Crippen molar-refractivity contribution in [2.75, 3.05) is 13.1 Å². The molecule has 0 aromatic carbocycles. The first-order chi connectivity index (χ1) is 6.20. The van der Waals surface area contributed by atoms with Crippen LogP contribution in [0.3, 0.4) is 0 Å². The van der Waals surface area contributed by atoms with Gasteiger partial charge in [0.1, 0.15) is 0 Å². The van der Waals surface area contributed by atoms with Crippen molar-refractivity contribution in [3.8, 4) is 12.3 Å². The molecule has 0 aromatic rings. The fourth-order valence-corrected chi connectivity index (χ4v) is 1.61. The number of likely N-dealkylation sites (tertiary alicyclic amines) is 1. The fraction of sp³-hybridized carbons (Fsp3) is 0.700. The van der Waals surface area contributed by atoms with Gasteiger partial charge in [0.05, 0.1) is 12.1 Å². The smallest absolute Gasteiger partial charge is 0.240 e. The quantitative estimate of drug-likeness (QED) is 0.630. The molecule has 1 N–H and O–H groups in total. The van der Waals surface area contributed by atoms with Crippen molar-refractivity contribution in [3.63, 3.8) is 0 Å². The number of carbonyl (C=O) groups is 1. The summed E-state index contributed by atoms with van der Waals surface area (Å²) in [5.74, 6) is 2.72. The molecule has 1 saturated heterocycles. The first kappa shape index (κ1) is 10.1. The summed E-state index contributed by atoms with van der Waals surface area (Å²) in [6.07, 6.45) is 6.14. The van der Waals surface area contributed by atoms with Crippen molar-refractivity contribution in [2.45, 2.75) is 32.4 Å². The molecular formula is C10H16N2O. The number of likely N-dealkylation sites (N-methyl/N-ethyl adjacent to an activating group) is 1. The minimum Gasteiger partial charge on any atom is -0.328 e. The van der Waals surface area contributed by atoms with Gasteiger partial charge in [0.15, 0.2) is 0 Å². The molecule has 1 aliphatic rings. The van der Waals surface area contributed by atoms with Crippen molar-refractivity contribution in [1.82, 2.24) is 10.2 Å². The highest BCUT2D eigenvalue weighted by molar-refractivity contribution is 5.84. The Hall–Kier alpha value is -1.01. The Kier molecular flexibility index (Phi) is 3.32. The minimum absolute atomic E-state index is 0.0131. The zero-order valence-electron chi connectivity index (χ0n) is 8.21. The lowest BCUT2D eigenvalue weighted by atomic mass is 10.2. The molecule has 3 nitrogen and oxygen atoms in total. The Balaban J connectivity index is 2.56. The Morgan fingerprint density at radius 3 is 3.08 bits per heavy atom. The van der Waals surface area contributed by atoms with Crippen LogP contribution in [0.25, 0.3) is 0 Å². The van der Waals surface area contributed by atoms with Crippen LogP contribution >= 0.6 is 0 Å². The Labute approximate surface area is 79.5 Å². The third kappa shape index (κ3) is 2.02. The van der Waals surface area contributed by atoms with Gasteiger partial charge in [-0.15, -0.1) is 6.42 Å². The molecule has 1 rings (SSSR count). The minimum atomic E-state index is -0.0730. The van der Waals surface area contributed by atoms with E-state index in [-0.39, 0.29) is 18.0 Å². The number of nitrogens with zero attached hydrogens (tertiary/aromatic N) is 1. The van der Waals surface area contributed by atoms with E-state index in [1.54, 1.807) is 4.90 Å². The van der Waals surface area contributed by atoms with E-state index in [1.807, 2.05) is 13.8 Å². The van der Waals surface area contributed by atoms with Crippen LogP contribution in [0.4, 0.5) is 0 Å². The lowest BCUT2D eigenvalue weighted by Gasteiger charge is -2.20. The number of carbonyl (C=O) groups excluding carboxylic acids is 1. The average Bonchev–Trinajstić information content (AvgIpc) is 2.48. The molecule has 1 aliphatic heterocycles. The van der Waals surface area contributed by atoms with Crippen LogP contribution in [0.5, 0.6) is 0 Å². The molecule has 0 radical (unpaired) electrons. The number of rotatable bonds is 3. The molecule has 1 heterocycles. The summed E-state index contributed by atoms with van der Waals surface area (Å²) in [5.41, 5.74) is 0. The van der Waals surface area contributed by atoms with Crippen LogP contribution in [0.1, 0.15) is 20.3 Å². The highest BCUT2D eigenvalue weighted by atomic mass is 16.2. The Morgan fingerprint density at radius 2 is 2.54 bits per heavy atom. The van der Waals surface area contributed by atoms with Gasteiger partial charge >= 0.3 is 0 Å². The van der Waals surface area contributed by atoms with E-state index in [1.165, 1.54) is 0 Å². The SMILES string of the molecule is C#CC(C)N1CCC(NCC)C1=O. The monoisotopic (exact) mass is 180 g/mol. The van der Waals surface area contributed by atoms with Crippen LogP contribution in [0.2, 0.25) is 0 Å². The van der Waals surface area contributed by atoms with Gasteiger partial charge in [-0.25, -0.2) is 0 Å². The highest BCUT2D eigenvalue weighted by Crippen LogP contribution is 2.13. The van der Waals surface area contributed by atoms with Gasteiger partial charge in [-0.3, -0.25) is 4.79 Å². The van der Waals surface area contributed by atoms with E-state index in [4.69, 9.17) is 6.42 Å². The fourth-order valence-electron chi connectivity index (χ4n) is 1.61. The van der Waals surface area contributed by atoms with Gasteiger partial charge in [0.25, 0.3) is 0 Å². The number of amides is 1. The number of hydrogen-bond donors (Lipinski definition) is 1. The van der Waals surface area contributed by atoms with Gasteiger partial charge in [0.2, 0.25) is 5.91 Å². The molecule has 2 atom stereocenters. The van der Waals surface area contributed by atoms with Gasteiger partial charge < -0.3 is 10.2 Å². The zero-order valence-corrected chi connectivity index (χ0v) is 8.21. The zero-order chi connectivity index (χ0) is 9.84. The van der Waals surface area contributed by atoms with Crippen molar-refractivity contribution in [3.05, 3.63) is 0 Å². The predicted octanol–water partition coefficient (Wildman–Crippen LogP) is 0.218. The molecule has 0 spiro atoms. The van der Waals surface area contributed by atoms with Crippen molar-refractivity contribution < 1.29 is 4.79 Å². The van der Waals surface area contributed by atoms with Crippen molar-refractivity contribution in [1.29, 1.82) is 0 Å². The van der Waals surface area contributed by atoms with Crippen LogP contribution in [-0.2, 0) is 4.79 Å². The molecule has 1 amide bonds. The van der Waals surface area contributed by atoms with E-state index < -0.39 is 0 Å². The average molecular weight is 180 g/mol. The van der Waals surface area contributed by atoms with Gasteiger partial charge in [-0.1, -0.05) is 12.8 Å². The van der Waals surface area contributed by atoms with Crippen molar-refractivity contribution >= 4 is 5.91 Å². The summed E-state index contributed by atoms with van der Waals surface area (Å²) in [5, 5.41) is 3.14. The van der Waals surface area contributed by atoms with E-state index in [9.17, 15) is 4.79 Å². The van der Waals surface area contributed by atoms with Crippen LogP contribution < -0.4 is 5.32 Å². The topological polar surface area (TPSA) is 32.3 Å². The molecule has 72 valence electrons. The first-order valence-corrected chi connectivity index (χ1v) is 4.70. The predicted molar refractivity (Wildman–Crippen MR) is 52.1 cm³/mol. The van der Waals surface area contributed by atoms with E-state index >= 15 is 0 Å². The summed E-state index contributed by atoms with van der Waals surface area (Å²) in [6.45, 7) is 5.49. The highest BCUT2D eigenvalue weighted by Gasteiger charge is 2.32. The molecule has 0 bridgehead atoms. The standard InChI is InChI=1S/C10H16N2O/c1-4-8(3)12-7-6-9(10(12)13)11-5-2/h1,8-9,11H,5-7H2,2-3H3. The van der Waals surface area contributed by atoms with Crippen molar-refractivity contribution in [2.24, 2.45) is 0 Å². The molecular weight excluding hydrogens is 164 g/mol. The van der Waals surface area contributed by atoms with Crippen LogP contribution in [-0.4, -0.2) is 36.0 Å². The third-order valence-corrected chi connectivity index (χ3v) is 2.40. The molecule has 0 aromatic heterocycles. The second-order valence-electron chi connectivity index (χ2n) is 3.27. The summed E-state index contributed by atoms with van der Waals surface area (Å²) >= 11 is 0. The summed E-state index contributed by atoms with van der Waals surface area (Å²) in [4.78, 5) is 13.4. The molecule has 13 heavy (non-hydrogen) atoms. The number of hydrogen-bond acceptors (Lipinski definition) is 2. The van der Waals surface area contributed by atoms with Crippen LogP contribution in [0, 0.1) is 12.3 Å². The van der Waals surface area contributed by atoms with Crippen LogP contribution in [0.15, 0.2) is 0 Å². The maximum atomic E-state index is 11.7. The number of terminal acetylenes is 1. The van der Waals surface area contributed by atoms with Gasteiger partial charge in [-0.2, -0.15) is 0 Å². The van der Waals surface area contributed by atoms with E-state index in [0.717, 1.165) is 19.5 Å². The third-order valence-electron chi connectivity index (χ3n) is 2.40. The van der Waals surface area contributed by atoms with Gasteiger partial charge in [-0.05, 0) is 19.9 Å². The molecule has 1 fully saturated rings. The largest absolute Gasteiger partial charge is 0.328 e. The molecule has 2 unspecified atom stereocenters. The molecule has 0 saturated carbocycles. The Morgan fingerprint density at radius 1 is 1.85 bits per heavy atom.